The molecule has 36 heavy (non-hydrogen) atoms. The molecule has 3 heterocycles. The van der Waals surface area contributed by atoms with E-state index in [1.165, 1.54) is 11.8 Å². The Morgan fingerprint density at radius 3 is 2.67 bits per heavy atom. The molecule has 0 fully saturated rings. The number of nitrogens with one attached hydrogen (secondary N) is 1. The van der Waals surface area contributed by atoms with Crippen LogP contribution in [0.5, 0.6) is 0 Å². The fourth-order valence-corrected chi connectivity index (χ4v) is 4.63. The van der Waals surface area contributed by atoms with E-state index in [9.17, 15) is 4.79 Å². The first-order valence-electron chi connectivity index (χ1n) is 11.7. The molecular weight excluding hydrogens is 491 g/mol. The molecule has 0 radical (unpaired) electrons. The summed E-state index contributed by atoms with van der Waals surface area (Å²) in [5.41, 5.74) is 5.36. The van der Waals surface area contributed by atoms with Gasteiger partial charge in [0.05, 0.1) is 11.2 Å². The number of hydrogen-bond acceptors (Lipinski definition) is 4. The number of fused-ring (bicyclic) bond motifs is 1. The number of carbonyl (C=O) groups is 1. The number of halogens is 2. The summed E-state index contributed by atoms with van der Waals surface area (Å²) in [6, 6.07) is 18.9. The van der Waals surface area contributed by atoms with E-state index in [-0.39, 0.29) is 11.1 Å². The zero-order valence-corrected chi connectivity index (χ0v) is 21.0. The van der Waals surface area contributed by atoms with Crippen LogP contribution in [0, 0.1) is 0 Å². The average molecular weight is 515 g/mol. The highest BCUT2D eigenvalue weighted by Crippen LogP contribution is 2.34. The Morgan fingerprint density at radius 1 is 1.03 bits per heavy atom. The average Bonchev–Trinajstić information content (AvgIpc) is 2.90. The van der Waals surface area contributed by atoms with Gasteiger partial charge in [-0.3, -0.25) is 14.7 Å². The van der Waals surface area contributed by atoms with Crippen molar-refractivity contribution in [1.82, 2.24) is 14.9 Å². The van der Waals surface area contributed by atoms with Crippen molar-refractivity contribution in [2.24, 2.45) is 0 Å². The smallest absolute Gasteiger partial charge is 0.255 e. The van der Waals surface area contributed by atoms with E-state index in [0.29, 0.717) is 5.56 Å². The zero-order valence-electron chi connectivity index (χ0n) is 19.5. The van der Waals surface area contributed by atoms with Gasteiger partial charge >= 0.3 is 0 Å². The zero-order chi connectivity index (χ0) is 24.9. The Labute approximate surface area is 220 Å². The first kappa shape index (κ1) is 24.2. The molecule has 2 aromatic carbocycles. The highest BCUT2D eigenvalue weighted by molar-refractivity contribution is 6.30. The Hall–Kier alpha value is -3.51. The number of rotatable bonds is 6. The second-order valence-corrected chi connectivity index (χ2v) is 9.40. The molecule has 1 aliphatic heterocycles. The van der Waals surface area contributed by atoms with Gasteiger partial charge in [0.1, 0.15) is 5.15 Å². The maximum absolute atomic E-state index is 13.0. The van der Waals surface area contributed by atoms with Gasteiger partial charge in [-0.15, -0.1) is 0 Å². The topological polar surface area (TPSA) is 58.1 Å². The first-order chi connectivity index (χ1) is 17.6. The van der Waals surface area contributed by atoms with Gasteiger partial charge in [-0.25, -0.2) is 4.98 Å². The van der Waals surface area contributed by atoms with Crippen LogP contribution in [0.2, 0.25) is 10.2 Å². The molecule has 5 nitrogen and oxygen atoms in total. The number of aromatic nitrogens is 2. The Bertz CT molecular complexity index is 1460. The molecular formula is C29H24Cl2N4O. The summed E-state index contributed by atoms with van der Waals surface area (Å²) < 4.78 is 0. The third kappa shape index (κ3) is 5.65. The van der Waals surface area contributed by atoms with E-state index in [4.69, 9.17) is 23.2 Å². The summed E-state index contributed by atoms with van der Waals surface area (Å²) >= 11 is 12.0. The molecule has 0 atom stereocenters. The van der Waals surface area contributed by atoms with Crippen LogP contribution in [0.1, 0.15) is 27.9 Å². The molecule has 1 aliphatic rings. The number of amides is 1. The maximum atomic E-state index is 13.0. The van der Waals surface area contributed by atoms with Crippen LogP contribution in [0.25, 0.3) is 22.6 Å². The molecule has 0 aliphatic carbocycles. The minimum Gasteiger partial charge on any atom is -0.321 e. The third-order valence-electron chi connectivity index (χ3n) is 6.17. The van der Waals surface area contributed by atoms with Crippen LogP contribution in [-0.2, 0) is 0 Å². The summed E-state index contributed by atoms with van der Waals surface area (Å²) in [7, 11) is 0. The van der Waals surface area contributed by atoms with Crippen molar-refractivity contribution in [2.75, 3.05) is 25.0 Å². The molecule has 0 saturated heterocycles. The van der Waals surface area contributed by atoms with Crippen molar-refractivity contribution >= 4 is 57.3 Å². The highest BCUT2D eigenvalue weighted by Gasteiger charge is 2.19. The lowest BCUT2D eigenvalue weighted by Crippen LogP contribution is -2.28. The third-order valence-corrected chi connectivity index (χ3v) is 6.63. The number of hydrogen-bond donors (Lipinski definition) is 1. The van der Waals surface area contributed by atoms with Crippen LogP contribution in [-0.4, -0.2) is 40.4 Å². The molecule has 2 aromatic heterocycles. The molecule has 0 saturated carbocycles. The van der Waals surface area contributed by atoms with E-state index in [1.54, 1.807) is 18.3 Å². The Morgan fingerprint density at radius 2 is 1.89 bits per heavy atom. The second kappa shape index (κ2) is 11.0. The van der Waals surface area contributed by atoms with Crippen LogP contribution in [0.4, 0.5) is 5.69 Å². The van der Waals surface area contributed by atoms with E-state index < -0.39 is 0 Å². The predicted molar refractivity (Wildman–Crippen MR) is 148 cm³/mol. The second-order valence-electron chi connectivity index (χ2n) is 8.58. The summed E-state index contributed by atoms with van der Waals surface area (Å²) in [6.45, 7) is 2.58. The molecule has 0 unspecified atom stereocenters. The van der Waals surface area contributed by atoms with Gasteiger partial charge in [0, 0.05) is 53.6 Å². The summed E-state index contributed by atoms with van der Waals surface area (Å²) in [4.78, 5) is 24.0. The van der Waals surface area contributed by atoms with Crippen molar-refractivity contribution in [1.29, 1.82) is 0 Å². The van der Waals surface area contributed by atoms with Crippen molar-refractivity contribution in [2.45, 2.75) is 6.42 Å². The van der Waals surface area contributed by atoms with Gasteiger partial charge in [0.15, 0.2) is 0 Å². The molecule has 7 heteroatoms. The largest absolute Gasteiger partial charge is 0.321 e. The lowest BCUT2D eigenvalue weighted by atomic mass is 9.94. The molecule has 0 spiro atoms. The van der Waals surface area contributed by atoms with Gasteiger partial charge in [0.2, 0.25) is 0 Å². The monoisotopic (exact) mass is 514 g/mol. The molecule has 4 aromatic rings. The lowest BCUT2D eigenvalue weighted by Gasteiger charge is -2.26. The van der Waals surface area contributed by atoms with Crippen molar-refractivity contribution in [3.8, 4) is 0 Å². The molecule has 180 valence electrons. The van der Waals surface area contributed by atoms with Gasteiger partial charge in [-0.05, 0) is 54.0 Å². The Kier molecular flexibility index (Phi) is 7.42. The number of anilines is 1. The highest BCUT2D eigenvalue weighted by atomic mass is 35.5. The number of benzene rings is 2. The minimum absolute atomic E-state index is 0.235. The standard InChI is InChI=1S/C29H24Cl2N4O/c30-24-8-5-20(6-9-24)3-2-16-35-17-12-21(13-18-35)27-25(10-7-22-4-1-14-33-28(22)27)34-29(36)23-11-15-32-26(31)19-23/h1-12,14-15,19H,13,16-18H2,(H,34,36). The van der Waals surface area contributed by atoms with Crippen LogP contribution in [0.15, 0.2) is 85.2 Å². The van der Waals surface area contributed by atoms with E-state index in [1.807, 2.05) is 48.5 Å². The number of nitrogens with zero attached hydrogens (tertiary/aromatic N) is 3. The van der Waals surface area contributed by atoms with E-state index in [2.05, 4.69) is 38.4 Å². The number of pyridine rings is 2. The quantitative estimate of drug-likeness (QED) is 0.281. The van der Waals surface area contributed by atoms with Gasteiger partial charge in [-0.2, -0.15) is 0 Å². The summed E-state index contributed by atoms with van der Waals surface area (Å²) in [5, 5.41) is 5.13. The van der Waals surface area contributed by atoms with Crippen molar-refractivity contribution in [3.63, 3.8) is 0 Å². The van der Waals surface area contributed by atoms with Crippen LogP contribution in [0.3, 0.4) is 0 Å². The fourth-order valence-electron chi connectivity index (χ4n) is 4.33. The normalized spacial score (nSPS) is 14.2. The molecule has 5 rings (SSSR count). The maximum Gasteiger partial charge on any atom is 0.255 e. The predicted octanol–water partition coefficient (Wildman–Crippen LogP) is 6.99. The van der Waals surface area contributed by atoms with E-state index >= 15 is 0 Å². The SMILES string of the molecule is O=C(Nc1ccc2cccnc2c1C1=CCN(CC=Cc2ccc(Cl)cc2)CC1)c1ccnc(Cl)c1. The summed E-state index contributed by atoms with van der Waals surface area (Å²) in [5.74, 6) is -0.235. The molecule has 1 amide bonds. The molecule has 1 N–H and O–H groups in total. The van der Waals surface area contributed by atoms with Crippen LogP contribution < -0.4 is 5.32 Å². The molecule has 0 bridgehead atoms. The van der Waals surface area contributed by atoms with Crippen molar-refractivity contribution in [3.05, 3.63) is 112 Å². The van der Waals surface area contributed by atoms with Crippen LogP contribution >= 0.6 is 23.2 Å². The lowest BCUT2D eigenvalue weighted by molar-refractivity contribution is 0.102. The van der Waals surface area contributed by atoms with Gasteiger partial charge in [-0.1, -0.05) is 65.7 Å². The minimum atomic E-state index is -0.235. The number of carbonyl (C=O) groups excluding carboxylic acids is 1. The summed E-state index contributed by atoms with van der Waals surface area (Å²) in [6.07, 6.45) is 10.7. The fraction of sp³-hybridized carbons (Fsp3) is 0.138. The van der Waals surface area contributed by atoms with Gasteiger partial charge in [0.25, 0.3) is 5.91 Å². The Balaban J connectivity index is 1.37. The van der Waals surface area contributed by atoms with E-state index in [0.717, 1.165) is 58.8 Å². The first-order valence-corrected chi connectivity index (χ1v) is 12.5. The van der Waals surface area contributed by atoms with Crippen molar-refractivity contribution < 1.29 is 4.79 Å². The van der Waals surface area contributed by atoms with Gasteiger partial charge < -0.3 is 5.32 Å².